The quantitative estimate of drug-likeness (QED) is 0.788. The lowest BCUT2D eigenvalue weighted by molar-refractivity contribution is 0.00578. The predicted molar refractivity (Wildman–Crippen MR) is 92.6 cm³/mol. The molecule has 4 nitrogen and oxygen atoms in total. The number of rotatable bonds is 4. The Kier molecular flexibility index (Phi) is 4.61. The SMILES string of the molecule is COc1c(F)cc(B2OC(C)(C)C(C)(C)O2)cc1O[Si](C)(C)C. The van der Waals surface area contributed by atoms with Crippen LogP contribution in [-0.4, -0.2) is 33.7 Å². The lowest BCUT2D eigenvalue weighted by Crippen LogP contribution is -2.41. The molecule has 0 aromatic heterocycles. The molecule has 1 aliphatic rings. The highest BCUT2D eigenvalue weighted by molar-refractivity contribution is 6.70. The topological polar surface area (TPSA) is 36.9 Å². The first kappa shape index (κ1) is 18.3. The molecule has 0 unspecified atom stereocenters. The second kappa shape index (κ2) is 5.79. The van der Waals surface area contributed by atoms with E-state index in [9.17, 15) is 4.39 Å². The maximum Gasteiger partial charge on any atom is 0.495 e. The van der Waals surface area contributed by atoms with Gasteiger partial charge in [-0.3, -0.25) is 0 Å². The Morgan fingerprint density at radius 1 is 1.04 bits per heavy atom. The molecule has 0 saturated carbocycles. The summed E-state index contributed by atoms with van der Waals surface area (Å²) in [5, 5.41) is 0. The fourth-order valence-electron chi connectivity index (χ4n) is 2.31. The molecule has 0 spiro atoms. The minimum absolute atomic E-state index is 0.118. The van der Waals surface area contributed by atoms with Crippen LogP contribution in [0.2, 0.25) is 19.6 Å². The third kappa shape index (κ3) is 3.72. The predicted octanol–water partition coefficient (Wildman–Crippen LogP) is 3.35. The maximum atomic E-state index is 14.4. The van der Waals surface area contributed by atoms with Crippen molar-refractivity contribution in [2.24, 2.45) is 0 Å². The van der Waals surface area contributed by atoms with Crippen molar-refractivity contribution >= 4 is 20.9 Å². The molecule has 1 aromatic carbocycles. The Hall–Kier alpha value is -1.05. The zero-order valence-corrected chi connectivity index (χ0v) is 16.2. The van der Waals surface area contributed by atoms with E-state index in [1.165, 1.54) is 13.2 Å². The third-order valence-corrected chi connectivity index (χ3v) is 5.01. The highest BCUT2D eigenvalue weighted by atomic mass is 28.4. The number of hydrogen-bond donors (Lipinski definition) is 0. The highest BCUT2D eigenvalue weighted by Crippen LogP contribution is 2.38. The first-order valence-electron chi connectivity index (χ1n) is 7.78. The summed E-state index contributed by atoms with van der Waals surface area (Å²) < 4.78 is 37.5. The van der Waals surface area contributed by atoms with Crippen molar-refractivity contribution in [2.75, 3.05) is 7.11 Å². The first-order chi connectivity index (χ1) is 10.4. The molecule has 2 rings (SSSR count). The summed E-state index contributed by atoms with van der Waals surface area (Å²) in [5.41, 5.74) is -0.364. The van der Waals surface area contributed by atoms with E-state index in [-0.39, 0.29) is 5.75 Å². The second-order valence-corrected chi connectivity index (χ2v) is 12.3. The van der Waals surface area contributed by atoms with Gasteiger partial charge in [0, 0.05) is 0 Å². The van der Waals surface area contributed by atoms with Crippen molar-refractivity contribution < 1.29 is 22.9 Å². The second-order valence-electron chi connectivity index (χ2n) is 7.84. The Balaban J connectivity index is 2.42. The molecule has 1 heterocycles. The monoisotopic (exact) mass is 340 g/mol. The minimum Gasteiger partial charge on any atom is -0.542 e. The van der Waals surface area contributed by atoms with Crippen LogP contribution < -0.4 is 14.6 Å². The van der Waals surface area contributed by atoms with Crippen LogP contribution in [0.3, 0.4) is 0 Å². The first-order valence-corrected chi connectivity index (χ1v) is 11.2. The average Bonchev–Trinajstić information content (AvgIpc) is 2.56. The summed E-state index contributed by atoms with van der Waals surface area (Å²) in [5.74, 6) is 0.0389. The molecule has 1 aromatic rings. The Labute approximate surface area is 139 Å². The summed E-state index contributed by atoms with van der Waals surface area (Å²) in [6.45, 7) is 14.0. The molecule has 1 aliphatic heterocycles. The van der Waals surface area contributed by atoms with E-state index in [4.69, 9.17) is 18.5 Å². The van der Waals surface area contributed by atoms with Crippen LogP contribution in [0.4, 0.5) is 4.39 Å². The van der Waals surface area contributed by atoms with Crippen LogP contribution in [0.15, 0.2) is 12.1 Å². The van der Waals surface area contributed by atoms with E-state index >= 15 is 0 Å². The molecule has 0 atom stereocenters. The molecule has 0 aliphatic carbocycles. The van der Waals surface area contributed by atoms with Gasteiger partial charge in [0.1, 0.15) is 5.75 Å². The van der Waals surface area contributed by atoms with Crippen molar-refractivity contribution in [1.29, 1.82) is 0 Å². The van der Waals surface area contributed by atoms with Crippen molar-refractivity contribution in [1.82, 2.24) is 0 Å². The molecule has 0 amide bonds. The molecule has 0 radical (unpaired) electrons. The number of benzene rings is 1. The molecular weight excluding hydrogens is 314 g/mol. The van der Waals surface area contributed by atoms with Gasteiger partial charge in [0.15, 0.2) is 11.6 Å². The van der Waals surface area contributed by atoms with Gasteiger partial charge in [0.25, 0.3) is 0 Å². The van der Waals surface area contributed by atoms with E-state index in [0.29, 0.717) is 11.2 Å². The number of hydrogen-bond acceptors (Lipinski definition) is 4. The van der Waals surface area contributed by atoms with Crippen molar-refractivity contribution in [3.63, 3.8) is 0 Å². The largest absolute Gasteiger partial charge is 0.542 e. The number of halogens is 1. The van der Waals surface area contributed by atoms with E-state index < -0.39 is 32.5 Å². The molecule has 1 fully saturated rings. The molecular formula is C16H26BFO4Si. The van der Waals surface area contributed by atoms with Gasteiger partial charge >= 0.3 is 7.12 Å². The van der Waals surface area contributed by atoms with E-state index in [0.717, 1.165) is 0 Å². The van der Waals surface area contributed by atoms with Crippen LogP contribution in [0.1, 0.15) is 27.7 Å². The Bertz CT molecular complexity index is 582. The van der Waals surface area contributed by atoms with Crippen LogP contribution in [0, 0.1) is 5.82 Å². The van der Waals surface area contributed by atoms with E-state index in [1.54, 1.807) is 6.07 Å². The summed E-state index contributed by atoms with van der Waals surface area (Å²) in [7, 11) is -1.12. The van der Waals surface area contributed by atoms with Crippen molar-refractivity contribution in [3.8, 4) is 11.5 Å². The van der Waals surface area contributed by atoms with Crippen LogP contribution >= 0.6 is 0 Å². The molecule has 128 valence electrons. The van der Waals surface area contributed by atoms with Gasteiger partial charge in [0.05, 0.1) is 18.3 Å². The zero-order valence-electron chi connectivity index (χ0n) is 15.2. The van der Waals surface area contributed by atoms with Crippen molar-refractivity contribution in [2.45, 2.75) is 58.5 Å². The van der Waals surface area contributed by atoms with Gasteiger partial charge in [-0.05, 0) is 64.9 Å². The summed E-state index contributed by atoms with van der Waals surface area (Å²) in [6, 6.07) is 3.14. The van der Waals surface area contributed by atoms with Crippen LogP contribution in [0.25, 0.3) is 0 Å². The zero-order chi connectivity index (χ0) is 17.6. The summed E-state index contributed by atoms with van der Waals surface area (Å²) in [4.78, 5) is 0. The van der Waals surface area contributed by atoms with Gasteiger partial charge in [-0.2, -0.15) is 0 Å². The molecule has 1 saturated heterocycles. The van der Waals surface area contributed by atoms with Gasteiger partial charge in [0.2, 0.25) is 8.32 Å². The number of ether oxygens (including phenoxy) is 1. The van der Waals surface area contributed by atoms with Gasteiger partial charge in [-0.1, -0.05) is 0 Å². The van der Waals surface area contributed by atoms with Crippen LogP contribution in [0.5, 0.6) is 11.5 Å². The van der Waals surface area contributed by atoms with Crippen molar-refractivity contribution in [3.05, 3.63) is 17.9 Å². The highest BCUT2D eigenvalue weighted by Gasteiger charge is 2.52. The Morgan fingerprint density at radius 2 is 1.57 bits per heavy atom. The fourth-order valence-corrected chi connectivity index (χ4v) is 3.12. The smallest absolute Gasteiger partial charge is 0.495 e. The van der Waals surface area contributed by atoms with Crippen LogP contribution in [-0.2, 0) is 9.31 Å². The maximum absolute atomic E-state index is 14.4. The summed E-state index contributed by atoms with van der Waals surface area (Å²) in [6.07, 6.45) is 0. The Morgan fingerprint density at radius 3 is 2.00 bits per heavy atom. The molecule has 23 heavy (non-hydrogen) atoms. The summed E-state index contributed by atoms with van der Waals surface area (Å²) >= 11 is 0. The van der Waals surface area contributed by atoms with Gasteiger partial charge in [-0.15, -0.1) is 0 Å². The fraction of sp³-hybridized carbons (Fsp3) is 0.625. The number of methoxy groups -OCH3 is 1. The molecule has 0 bridgehead atoms. The molecule has 7 heteroatoms. The minimum atomic E-state index is -1.92. The van der Waals surface area contributed by atoms with Gasteiger partial charge in [-0.25, -0.2) is 4.39 Å². The normalized spacial score (nSPS) is 19.8. The lowest BCUT2D eigenvalue weighted by atomic mass is 9.79. The third-order valence-electron chi connectivity index (χ3n) is 4.18. The molecule has 0 N–H and O–H groups in total. The lowest BCUT2D eigenvalue weighted by Gasteiger charge is -2.32. The van der Waals surface area contributed by atoms with E-state index in [1.807, 2.05) is 47.3 Å². The standard InChI is InChI=1S/C16H26BFO4Si/c1-15(2)16(3,4)22-17(21-15)11-9-12(18)14(19-5)13(10-11)20-23(6,7)8/h9-10H,1-8H3. The average molecular weight is 340 g/mol. The van der Waals surface area contributed by atoms with Gasteiger partial charge < -0.3 is 18.5 Å². The van der Waals surface area contributed by atoms with E-state index in [2.05, 4.69) is 0 Å².